The lowest BCUT2D eigenvalue weighted by molar-refractivity contribution is -0.121. The van der Waals surface area contributed by atoms with Crippen LogP contribution in [0, 0.1) is 5.92 Å². The largest absolute Gasteiger partial charge is 0.325 e. The van der Waals surface area contributed by atoms with E-state index in [1.54, 1.807) is 15.8 Å². The number of urea groups is 1. The molecule has 2 heterocycles. The van der Waals surface area contributed by atoms with E-state index in [1.165, 1.54) is 0 Å². The zero-order chi connectivity index (χ0) is 17.0. The van der Waals surface area contributed by atoms with Crippen LogP contribution in [0.5, 0.6) is 0 Å². The average Bonchev–Trinajstić information content (AvgIpc) is 3.01. The van der Waals surface area contributed by atoms with Crippen molar-refractivity contribution < 1.29 is 9.59 Å². The predicted octanol–water partition coefficient (Wildman–Crippen LogP) is 2.01. The van der Waals surface area contributed by atoms with Crippen LogP contribution in [0.25, 0.3) is 0 Å². The molecule has 128 valence electrons. The number of aromatic nitrogens is 2. The van der Waals surface area contributed by atoms with Crippen LogP contribution in [-0.2, 0) is 11.3 Å². The van der Waals surface area contributed by atoms with Crippen molar-refractivity contribution in [1.29, 1.82) is 0 Å². The molecule has 1 saturated heterocycles. The van der Waals surface area contributed by atoms with Crippen LogP contribution in [0.15, 0.2) is 12.4 Å². The van der Waals surface area contributed by atoms with Gasteiger partial charge in [-0.15, -0.1) is 0 Å². The number of piperidine rings is 1. The van der Waals surface area contributed by atoms with Crippen LogP contribution in [0.2, 0.25) is 0 Å². The number of aryl methyl sites for hydroxylation is 1. The molecule has 1 N–H and O–H groups in total. The SMILES string of the molecule is CCn1cc(NC(=O)C2CCN(C(=O)N(C)C(C)C)CC2)cn1. The normalized spacial score (nSPS) is 15.8. The summed E-state index contributed by atoms with van der Waals surface area (Å²) in [6.45, 7) is 8.02. The molecule has 1 aromatic heterocycles. The van der Waals surface area contributed by atoms with E-state index in [2.05, 4.69) is 10.4 Å². The fourth-order valence-corrected chi connectivity index (χ4v) is 2.62. The maximum Gasteiger partial charge on any atom is 0.319 e. The van der Waals surface area contributed by atoms with Gasteiger partial charge in [0, 0.05) is 44.8 Å². The Morgan fingerprint density at radius 3 is 2.57 bits per heavy atom. The number of hydrogen-bond acceptors (Lipinski definition) is 3. The van der Waals surface area contributed by atoms with Crippen LogP contribution in [0.4, 0.5) is 10.5 Å². The van der Waals surface area contributed by atoms with Gasteiger partial charge in [0.1, 0.15) is 0 Å². The van der Waals surface area contributed by atoms with E-state index in [1.807, 2.05) is 38.9 Å². The number of nitrogens with one attached hydrogen (secondary N) is 1. The molecule has 0 saturated carbocycles. The standard InChI is InChI=1S/C16H27N5O2/c1-5-21-11-14(10-17-21)18-15(22)13-6-8-20(9-7-13)16(23)19(4)12(2)3/h10-13H,5-9H2,1-4H3,(H,18,22). The Bertz CT molecular complexity index is 546. The van der Waals surface area contributed by atoms with Crippen molar-refractivity contribution in [3.63, 3.8) is 0 Å². The molecule has 1 aromatic rings. The van der Waals surface area contributed by atoms with Gasteiger partial charge in [0.2, 0.25) is 5.91 Å². The zero-order valence-electron chi connectivity index (χ0n) is 14.5. The molecule has 2 rings (SSSR count). The summed E-state index contributed by atoms with van der Waals surface area (Å²) in [5.41, 5.74) is 0.731. The number of anilines is 1. The molecule has 23 heavy (non-hydrogen) atoms. The Kier molecular flexibility index (Phi) is 5.63. The Hall–Kier alpha value is -2.05. The van der Waals surface area contributed by atoms with Gasteiger partial charge in [0.25, 0.3) is 0 Å². The molecule has 0 radical (unpaired) electrons. The van der Waals surface area contributed by atoms with Gasteiger partial charge in [-0.25, -0.2) is 4.79 Å². The van der Waals surface area contributed by atoms with Crippen LogP contribution in [-0.4, -0.2) is 57.7 Å². The zero-order valence-corrected chi connectivity index (χ0v) is 14.5. The van der Waals surface area contributed by atoms with Crippen LogP contribution >= 0.6 is 0 Å². The van der Waals surface area contributed by atoms with Crippen molar-refractivity contribution in [2.24, 2.45) is 5.92 Å². The summed E-state index contributed by atoms with van der Waals surface area (Å²) in [4.78, 5) is 28.2. The second kappa shape index (κ2) is 7.48. The summed E-state index contributed by atoms with van der Waals surface area (Å²) in [6, 6.07) is 0.224. The van der Waals surface area contributed by atoms with Crippen molar-refractivity contribution >= 4 is 17.6 Å². The molecule has 0 bridgehead atoms. The fourth-order valence-electron chi connectivity index (χ4n) is 2.62. The van der Waals surface area contributed by atoms with Crippen molar-refractivity contribution in [2.75, 3.05) is 25.5 Å². The highest BCUT2D eigenvalue weighted by Gasteiger charge is 2.29. The van der Waals surface area contributed by atoms with Crippen molar-refractivity contribution in [1.82, 2.24) is 19.6 Å². The minimum Gasteiger partial charge on any atom is -0.325 e. The first kappa shape index (κ1) is 17.3. The van der Waals surface area contributed by atoms with Crippen LogP contribution in [0.1, 0.15) is 33.6 Å². The highest BCUT2D eigenvalue weighted by atomic mass is 16.2. The highest BCUT2D eigenvalue weighted by Crippen LogP contribution is 2.20. The second-order valence-corrected chi connectivity index (χ2v) is 6.32. The Balaban J connectivity index is 1.84. The third-order valence-corrected chi connectivity index (χ3v) is 4.44. The number of likely N-dealkylation sites (tertiary alicyclic amines) is 1. The van der Waals surface area contributed by atoms with Gasteiger partial charge in [0.05, 0.1) is 11.9 Å². The van der Waals surface area contributed by atoms with E-state index in [4.69, 9.17) is 0 Å². The first-order chi connectivity index (χ1) is 10.9. The van der Waals surface area contributed by atoms with E-state index in [0.717, 1.165) is 12.2 Å². The van der Waals surface area contributed by atoms with Crippen LogP contribution in [0.3, 0.4) is 0 Å². The molecule has 0 aliphatic carbocycles. The minimum atomic E-state index is -0.0478. The Labute approximate surface area is 137 Å². The molecular formula is C16H27N5O2. The van der Waals surface area contributed by atoms with Gasteiger partial charge >= 0.3 is 6.03 Å². The number of carbonyl (C=O) groups is 2. The van der Waals surface area contributed by atoms with Crippen molar-refractivity contribution in [2.45, 2.75) is 46.2 Å². The number of nitrogens with zero attached hydrogens (tertiary/aromatic N) is 4. The molecule has 7 nitrogen and oxygen atoms in total. The van der Waals surface area contributed by atoms with E-state index < -0.39 is 0 Å². The van der Waals surface area contributed by atoms with Gasteiger partial charge in [-0.3, -0.25) is 9.48 Å². The molecule has 3 amide bonds. The molecule has 0 atom stereocenters. The minimum absolute atomic E-state index is 0.0185. The third-order valence-electron chi connectivity index (χ3n) is 4.44. The first-order valence-electron chi connectivity index (χ1n) is 8.27. The fraction of sp³-hybridized carbons (Fsp3) is 0.688. The molecule has 0 unspecified atom stereocenters. The number of hydrogen-bond donors (Lipinski definition) is 1. The molecular weight excluding hydrogens is 294 g/mol. The molecule has 7 heteroatoms. The van der Waals surface area contributed by atoms with E-state index >= 15 is 0 Å². The number of carbonyl (C=O) groups excluding carboxylic acids is 2. The summed E-state index contributed by atoms with van der Waals surface area (Å²) in [7, 11) is 1.82. The summed E-state index contributed by atoms with van der Waals surface area (Å²) in [6.07, 6.45) is 4.89. The Morgan fingerprint density at radius 2 is 2.04 bits per heavy atom. The maximum atomic E-state index is 12.3. The second-order valence-electron chi connectivity index (χ2n) is 6.32. The summed E-state index contributed by atoms with van der Waals surface area (Å²) in [5, 5.41) is 7.06. The van der Waals surface area contributed by atoms with Gasteiger partial charge in [-0.2, -0.15) is 5.10 Å². The lowest BCUT2D eigenvalue weighted by Gasteiger charge is -2.35. The molecule has 1 aliphatic heterocycles. The van der Waals surface area contributed by atoms with Crippen molar-refractivity contribution in [3.8, 4) is 0 Å². The number of amides is 3. The smallest absolute Gasteiger partial charge is 0.319 e. The summed E-state index contributed by atoms with van der Waals surface area (Å²) in [5.74, 6) is -0.0293. The van der Waals surface area contributed by atoms with Gasteiger partial charge in [-0.05, 0) is 33.6 Å². The summed E-state index contributed by atoms with van der Waals surface area (Å²) >= 11 is 0. The van der Waals surface area contributed by atoms with E-state index in [9.17, 15) is 9.59 Å². The van der Waals surface area contributed by atoms with E-state index in [0.29, 0.717) is 25.9 Å². The molecule has 1 aliphatic rings. The van der Waals surface area contributed by atoms with Gasteiger partial charge in [0.15, 0.2) is 0 Å². The average molecular weight is 321 g/mol. The monoisotopic (exact) mass is 321 g/mol. The molecule has 0 spiro atoms. The third kappa shape index (κ3) is 4.24. The summed E-state index contributed by atoms with van der Waals surface area (Å²) < 4.78 is 1.78. The topological polar surface area (TPSA) is 70.5 Å². The number of rotatable bonds is 4. The highest BCUT2D eigenvalue weighted by molar-refractivity contribution is 5.92. The van der Waals surface area contributed by atoms with Gasteiger partial charge in [-0.1, -0.05) is 0 Å². The molecule has 0 aromatic carbocycles. The quantitative estimate of drug-likeness (QED) is 0.922. The lowest BCUT2D eigenvalue weighted by Crippen LogP contribution is -2.48. The van der Waals surface area contributed by atoms with Gasteiger partial charge < -0.3 is 15.1 Å². The predicted molar refractivity (Wildman–Crippen MR) is 89.1 cm³/mol. The van der Waals surface area contributed by atoms with Crippen molar-refractivity contribution in [3.05, 3.63) is 12.4 Å². The maximum absolute atomic E-state index is 12.3. The van der Waals surface area contributed by atoms with Crippen LogP contribution < -0.4 is 5.32 Å². The molecule has 1 fully saturated rings. The lowest BCUT2D eigenvalue weighted by atomic mass is 9.96. The van der Waals surface area contributed by atoms with E-state index in [-0.39, 0.29) is 23.9 Å². The Morgan fingerprint density at radius 1 is 1.39 bits per heavy atom. The first-order valence-corrected chi connectivity index (χ1v) is 8.27.